The predicted molar refractivity (Wildman–Crippen MR) is 106 cm³/mol. The molecule has 1 aliphatic heterocycles. The highest BCUT2D eigenvalue weighted by Crippen LogP contribution is 2.47. The van der Waals surface area contributed by atoms with Crippen LogP contribution in [0, 0.1) is 0 Å². The highest BCUT2D eigenvalue weighted by molar-refractivity contribution is 5.80. The number of hydrogen-bond acceptors (Lipinski definition) is 5. The number of alkyl halides is 5. The van der Waals surface area contributed by atoms with Crippen molar-refractivity contribution in [3.63, 3.8) is 0 Å². The summed E-state index contributed by atoms with van der Waals surface area (Å²) in [6.45, 7) is 0.486. The van der Waals surface area contributed by atoms with Gasteiger partial charge in [-0.15, -0.1) is 0 Å². The molecule has 0 radical (unpaired) electrons. The van der Waals surface area contributed by atoms with Crippen molar-refractivity contribution in [2.24, 2.45) is 0 Å². The number of aromatic nitrogens is 2. The topological polar surface area (TPSA) is 70.2 Å². The predicted octanol–water partition coefficient (Wildman–Crippen LogP) is 4.49. The van der Waals surface area contributed by atoms with Gasteiger partial charge in [0.15, 0.2) is 0 Å². The van der Waals surface area contributed by atoms with Crippen LogP contribution >= 0.6 is 0 Å². The Morgan fingerprint density at radius 3 is 2.50 bits per heavy atom. The molecule has 2 atom stereocenters. The molecular weight excluding hydrogens is 433 g/mol. The molecule has 32 heavy (non-hydrogen) atoms. The van der Waals surface area contributed by atoms with E-state index >= 15 is 0 Å². The number of carbonyl (C=O) groups excluding carboxylic acids is 1. The molecule has 3 aliphatic rings. The minimum Gasteiger partial charge on any atom is -0.367 e. The van der Waals surface area contributed by atoms with Gasteiger partial charge in [-0.2, -0.15) is 26.9 Å². The third-order valence-corrected chi connectivity index (χ3v) is 6.18. The number of rotatable bonds is 5. The second-order valence-electron chi connectivity index (χ2n) is 8.51. The third kappa shape index (κ3) is 3.95. The smallest absolute Gasteiger partial charge is 0.367 e. The highest BCUT2D eigenvalue weighted by atomic mass is 19.4. The van der Waals surface area contributed by atoms with Crippen molar-refractivity contribution in [2.45, 2.75) is 49.7 Å². The van der Waals surface area contributed by atoms with Crippen LogP contribution in [0.5, 0.6) is 0 Å². The fourth-order valence-electron chi connectivity index (χ4n) is 4.56. The Labute approximate surface area is 180 Å². The first-order valence-electron chi connectivity index (χ1n) is 10.4. The summed E-state index contributed by atoms with van der Waals surface area (Å²) in [5.74, 6) is -1.45. The van der Waals surface area contributed by atoms with E-state index in [4.69, 9.17) is 0 Å². The second kappa shape index (κ2) is 7.56. The number of piperidine rings is 1. The molecule has 1 saturated carbocycles. The van der Waals surface area contributed by atoms with Crippen molar-refractivity contribution in [2.75, 3.05) is 23.7 Å². The van der Waals surface area contributed by atoms with E-state index in [1.165, 1.54) is 4.90 Å². The molecule has 2 unspecified atom stereocenters. The van der Waals surface area contributed by atoms with E-state index in [0.717, 1.165) is 36.6 Å². The lowest BCUT2D eigenvalue weighted by atomic mass is 9.96. The molecule has 1 aromatic heterocycles. The number of hydrogen-bond donors (Lipinski definition) is 2. The number of likely N-dealkylation sites (tertiary alicyclic amines) is 1. The maximum atomic E-state index is 13.3. The largest absolute Gasteiger partial charge is 0.421 e. The maximum Gasteiger partial charge on any atom is 0.421 e. The fraction of sp³-hybridized carbons (Fsp3) is 0.476. The molecule has 1 amide bonds. The Morgan fingerprint density at radius 2 is 1.84 bits per heavy atom. The minimum atomic E-state index is -4.57. The summed E-state index contributed by atoms with van der Waals surface area (Å²) in [7, 11) is 0. The lowest BCUT2D eigenvalue weighted by Crippen LogP contribution is -2.42. The van der Waals surface area contributed by atoms with E-state index in [2.05, 4.69) is 20.6 Å². The summed E-state index contributed by atoms with van der Waals surface area (Å²) in [6, 6.07) is 5.45. The van der Waals surface area contributed by atoms with Gasteiger partial charge < -0.3 is 15.5 Å². The summed E-state index contributed by atoms with van der Waals surface area (Å²) >= 11 is 0. The van der Waals surface area contributed by atoms with Crippen molar-refractivity contribution in [1.82, 2.24) is 14.9 Å². The van der Waals surface area contributed by atoms with E-state index in [-0.39, 0.29) is 42.7 Å². The first kappa shape index (κ1) is 20.9. The molecule has 1 saturated heterocycles. The molecule has 170 valence electrons. The van der Waals surface area contributed by atoms with Gasteiger partial charge >= 0.3 is 12.6 Å². The standard InChI is InChI=1S/C21H20F5N5O/c22-17(23)19(32)31-8-10-5-11(9-31)15-6-13(3-4-14(10)15)29-20-27-7-16(21(24,25)26)18(30-20)28-12-1-2-12/h3-4,6-7,10-12,17H,1-2,5,8-9H2,(H2,27,28,29,30). The number of carbonyl (C=O) groups is 1. The van der Waals surface area contributed by atoms with Gasteiger partial charge in [-0.05, 0) is 42.5 Å². The minimum absolute atomic E-state index is 0.00263. The second-order valence-corrected chi connectivity index (χ2v) is 8.51. The molecule has 2 fully saturated rings. The quantitative estimate of drug-likeness (QED) is 0.653. The SMILES string of the molecule is O=C(C(F)F)N1CC2CC(C1)c1cc(Nc3ncc(C(F)(F)F)c(NC4CC4)n3)ccc12. The first-order chi connectivity index (χ1) is 15.2. The zero-order valence-electron chi connectivity index (χ0n) is 16.8. The van der Waals surface area contributed by atoms with Crippen LogP contribution in [0.1, 0.15) is 47.8 Å². The summed E-state index contributed by atoms with van der Waals surface area (Å²) in [4.78, 5) is 20.8. The highest BCUT2D eigenvalue weighted by Gasteiger charge is 2.41. The number of amides is 1. The van der Waals surface area contributed by atoms with E-state index in [1.807, 2.05) is 12.1 Å². The van der Waals surface area contributed by atoms with Gasteiger partial charge in [0, 0.05) is 42.9 Å². The van der Waals surface area contributed by atoms with Crippen LogP contribution in [0.4, 0.5) is 39.4 Å². The van der Waals surface area contributed by atoms with E-state index in [1.54, 1.807) is 6.07 Å². The summed E-state index contributed by atoms with van der Waals surface area (Å²) < 4.78 is 65.5. The summed E-state index contributed by atoms with van der Waals surface area (Å²) in [5.41, 5.74) is 1.63. The van der Waals surface area contributed by atoms with Gasteiger partial charge in [0.05, 0.1) is 0 Å². The lowest BCUT2D eigenvalue weighted by molar-refractivity contribution is -0.144. The Balaban J connectivity index is 1.37. The van der Waals surface area contributed by atoms with Gasteiger partial charge in [0.25, 0.3) is 5.91 Å². The molecule has 11 heteroatoms. The van der Waals surface area contributed by atoms with Crippen molar-refractivity contribution >= 4 is 23.4 Å². The van der Waals surface area contributed by atoms with Crippen molar-refractivity contribution in [1.29, 1.82) is 0 Å². The van der Waals surface area contributed by atoms with E-state index < -0.39 is 24.1 Å². The number of fused-ring (bicyclic) bond motifs is 5. The van der Waals surface area contributed by atoms with Crippen molar-refractivity contribution in [3.8, 4) is 0 Å². The molecule has 2 N–H and O–H groups in total. The zero-order chi connectivity index (χ0) is 22.6. The van der Waals surface area contributed by atoms with Crippen molar-refractivity contribution in [3.05, 3.63) is 41.1 Å². The van der Waals surface area contributed by atoms with E-state index in [9.17, 15) is 26.7 Å². The van der Waals surface area contributed by atoms with Gasteiger partial charge in [-0.3, -0.25) is 4.79 Å². The summed E-state index contributed by atoms with van der Waals surface area (Å²) in [5, 5.41) is 5.75. The van der Waals surface area contributed by atoms with Crippen LogP contribution < -0.4 is 10.6 Å². The lowest BCUT2D eigenvalue weighted by Gasteiger charge is -2.31. The molecule has 2 heterocycles. The third-order valence-electron chi connectivity index (χ3n) is 6.18. The average Bonchev–Trinajstić information content (AvgIpc) is 3.52. The number of benzene rings is 1. The molecule has 1 aromatic carbocycles. The Hall–Kier alpha value is -2.98. The molecule has 6 nitrogen and oxygen atoms in total. The molecule has 2 aromatic rings. The first-order valence-corrected chi connectivity index (χ1v) is 10.4. The Kier molecular flexibility index (Phi) is 4.94. The van der Waals surface area contributed by atoms with E-state index in [0.29, 0.717) is 5.69 Å². The van der Waals surface area contributed by atoms with Crippen LogP contribution in [0.2, 0.25) is 0 Å². The van der Waals surface area contributed by atoms with Gasteiger partial charge in [0.2, 0.25) is 5.95 Å². The number of nitrogens with zero attached hydrogens (tertiary/aromatic N) is 3. The normalized spacial score (nSPS) is 22.1. The fourth-order valence-corrected chi connectivity index (χ4v) is 4.56. The van der Waals surface area contributed by atoms with Crippen LogP contribution in [-0.4, -0.2) is 46.3 Å². The van der Waals surface area contributed by atoms with Crippen LogP contribution in [-0.2, 0) is 11.0 Å². The zero-order valence-corrected chi connectivity index (χ0v) is 16.8. The Bertz CT molecular complexity index is 1060. The van der Waals surface area contributed by atoms with Gasteiger partial charge in [0.1, 0.15) is 11.4 Å². The van der Waals surface area contributed by atoms with Gasteiger partial charge in [-0.25, -0.2) is 4.98 Å². The Morgan fingerprint density at radius 1 is 1.12 bits per heavy atom. The maximum absolute atomic E-state index is 13.3. The van der Waals surface area contributed by atoms with Gasteiger partial charge in [-0.1, -0.05) is 6.07 Å². The van der Waals surface area contributed by atoms with Crippen LogP contribution in [0.3, 0.4) is 0 Å². The molecular formula is C21H20F5N5O. The number of anilines is 3. The van der Waals surface area contributed by atoms with Crippen LogP contribution in [0.15, 0.2) is 24.4 Å². The average molecular weight is 453 g/mol. The summed E-state index contributed by atoms with van der Waals surface area (Å²) in [6.07, 6.45) is -4.47. The number of halogens is 5. The molecule has 5 rings (SSSR count). The molecule has 2 bridgehead atoms. The van der Waals surface area contributed by atoms with Crippen molar-refractivity contribution < 1.29 is 26.7 Å². The molecule has 2 aliphatic carbocycles. The number of nitrogens with one attached hydrogen (secondary N) is 2. The monoisotopic (exact) mass is 453 g/mol. The molecule has 0 spiro atoms. The van der Waals surface area contributed by atoms with Crippen LogP contribution in [0.25, 0.3) is 0 Å².